The molecule has 1 aliphatic rings. The number of fused-ring (bicyclic) bond motifs is 1. The van der Waals surface area contributed by atoms with Crippen molar-refractivity contribution in [3.63, 3.8) is 0 Å². The van der Waals surface area contributed by atoms with Crippen LogP contribution in [0.15, 0.2) is 30.6 Å². The molecule has 0 atom stereocenters. The maximum atomic E-state index is 13.0. The predicted octanol–water partition coefficient (Wildman–Crippen LogP) is 3.81. The highest BCUT2D eigenvalue weighted by Gasteiger charge is 2.34. The van der Waals surface area contributed by atoms with E-state index >= 15 is 0 Å². The van der Waals surface area contributed by atoms with Crippen LogP contribution in [0.3, 0.4) is 0 Å². The van der Waals surface area contributed by atoms with Crippen molar-refractivity contribution in [1.29, 1.82) is 0 Å². The van der Waals surface area contributed by atoms with Crippen LogP contribution in [0.4, 0.5) is 8.78 Å². The van der Waals surface area contributed by atoms with E-state index in [1.807, 2.05) is 12.3 Å². The summed E-state index contributed by atoms with van der Waals surface area (Å²) in [5, 5.41) is 6.94. The van der Waals surface area contributed by atoms with Gasteiger partial charge in [0.05, 0.1) is 25.2 Å². The molecule has 9 heteroatoms. The molecule has 4 rings (SSSR count). The first-order valence-electron chi connectivity index (χ1n) is 9.60. The Morgan fingerprint density at radius 2 is 1.97 bits per heavy atom. The van der Waals surface area contributed by atoms with Crippen molar-refractivity contribution in [2.75, 3.05) is 14.2 Å². The first-order chi connectivity index (χ1) is 14.4. The van der Waals surface area contributed by atoms with Gasteiger partial charge in [-0.3, -0.25) is 4.79 Å². The summed E-state index contributed by atoms with van der Waals surface area (Å²) in [5.74, 6) is -0.771. The molecular weight excluding hydrogens is 394 g/mol. The minimum atomic E-state index is -3.10. The summed E-state index contributed by atoms with van der Waals surface area (Å²) in [6.45, 7) is -0.885. The van der Waals surface area contributed by atoms with E-state index in [9.17, 15) is 13.6 Å². The van der Waals surface area contributed by atoms with Crippen molar-refractivity contribution in [2.45, 2.75) is 38.2 Å². The molecular formula is C21H22F2N4O3. The van der Waals surface area contributed by atoms with Gasteiger partial charge in [0.2, 0.25) is 0 Å². The molecule has 1 aromatic carbocycles. The van der Waals surface area contributed by atoms with Crippen molar-refractivity contribution in [3.05, 3.63) is 41.7 Å². The fourth-order valence-electron chi connectivity index (χ4n) is 3.84. The Labute approximate surface area is 172 Å². The van der Waals surface area contributed by atoms with Gasteiger partial charge in [-0.2, -0.15) is 13.9 Å². The lowest BCUT2D eigenvalue weighted by Crippen LogP contribution is -2.30. The second-order valence-corrected chi connectivity index (χ2v) is 7.58. The lowest BCUT2D eigenvalue weighted by molar-refractivity contribution is -0.0502. The quantitative estimate of drug-likeness (QED) is 0.661. The highest BCUT2D eigenvalue weighted by Crippen LogP contribution is 2.43. The molecule has 1 amide bonds. The zero-order chi connectivity index (χ0) is 21.5. The number of ether oxygens (including phenoxy) is 2. The van der Waals surface area contributed by atoms with Gasteiger partial charge in [-0.25, -0.2) is 9.50 Å². The van der Waals surface area contributed by atoms with E-state index in [1.54, 1.807) is 16.8 Å². The fraction of sp³-hybridized carbons (Fsp3) is 0.381. The second-order valence-electron chi connectivity index (χ2n) is 7.58. The Bertz CT molecular complexity index is 1110. The van der Waals surface area contributed by atoms with Gasteiger partial charge in [0, 0.05) is 12.6 Å². The van der Waals surface area contributed by atoms with Gasteiger partial charge in [0.15, 0.2) is 5.65 Å². The largest absolute Gasteiger partial charge is 0.496 e. The average Bonchev–Trinajstić information content (AvgIpc) is 3.13. The van der Waals surface area contributed by atoms with Gasteiger partial charge < -0.3 is 14.8 Å². The maximum Gasteiger partial charge on any atom is 0.387 e. The molecule has 1 aliphatic carbocycles. The Morgan fingerprint density at radius 1 is 1.23 bits per heavy atom. The third kappa shape index (κ3) is 3.34. The van der Waals surface area contributed by atoms with E-state index in [0.29, 0.717) is 16.9 Å². The Kier molecular flexibility index (Phi) is 5.05. The summed E-state index contributed by atoms with van der Waals surface area (Å²) in [6, 6.07) is 4.95. The number of nitrogens with one attached hydrogen (secondary N) is 1. The lowest BCUT2D eigenvalue weighted by atomic mass is 9.66. The Hall–Kier alpha value is -3.23. The molecule has 0 aliphatic heterocycles. The van der Waals surface area contributed by atoms with E-state index in [1.165, 1.54) is 26.6 Å². The number of methoxy groups -OCH3 is 1. The van der Waals surface area contributed by atoms with Crippen molar-refractivity contribution >= 4 is 11.6 Å². The first kappa shape index (κ1) is 20.1. The number of nitrogens with zero attached hydrogens (tertiary/aromatic N) is 3. The van der Waals surface area contributed by atoms with Crippen LogP contribution in [-0.2, 0) is 5.41 Å². The van der Waals surface area contributed by atoms with Crippen molar-refractivity contribution in [2.24, 2.45) is 0 Å². The SMILES string of the molecule is CNC(=O)c1c(OC)cc(-c2cnc3cc(C4(C)CCC4)cnn23)cc1OC(F)F. The number of amides is 1. The predicted molar refractivity (Wildman–Crippen MR) is 106 cm³/mol. The van der Waals surface area contributed by atoms with Crippen LogP contribution >= 0.6 is 0 Å². The van der Waals surface area contributed by atoms with Crippen LogP contribution in [0, 0.1) is 0 Å². The number of benzene rings is 1. The van der Waals surface area contributed by atoms with Gasteiger partial charge in [0.1, 0.15) is 17.1 Å². The minimum absolute atomic E-state index is 0.106. The monoisotopic (exact) mass is 416 g/mol. The van der Waals surface area contributed by atoms with E-state index < -0.39 is 12.5 Å². The van der Waals surface area contributed by atoms with Crippen LogP contribution in [0.25, 0.3) is 16.9 Å². The summed E-state index contributed by atoms with van der Waals surface area (Å²) < 4.78 is 37.5. The number of aromatic nitrogens is 3. The lowest BCUT2D eigenvalue weighted by Gasteiger charge is -2.38. The molecule has 2 heterocycles. The number of hydrogen-bond acceptors (Lipinski definition) is 5. The molecule has 0 radical (unpaired) electrons. The molecule has 3 aromatic rings. The van der Waals surface area contributed by atoms with Gasteiger partial charge in [0.25, 0.3) is 5.91 Å². The third-order valence-electron chi connectivity index (χ3n) is 5.77. The van der Waals surface area contributed by atoms with Gasteiger partial charge >= 0.3 is 6.61 Å². The maximum absolute atomic E-state index is 13.0. The smallest absolute Gasteiger partial charge is 0.387 e. The molecule has 1 saturated carbocycles. The number of halogens is 2. The minimum Gasteiger partial charge on any atom is -0.496 e. The van der Waals surface area contributed by atoms with Crippen LogP contribution < -0.4 is 14.8 Å². The molecule has 1 N–H and O–H groups in total. The van der Waals surface area contributed by atoms with Crippen molar-refractivity contribution in [3.8, 4) is 22.8 Å². The van der Waals surface area contributed by atoms with E-state index in [2.05, 4.69) is 27.1 Å². The van der Waals surface area contributed by atoms with Crippen LogP contribution in [0.5, 0.6) is 11.5 Å². The van der Waals surface area contributed by atoms with E-state index in [4.69, 9.17) is 4.74 Å². The molecule has 0 saturated heterocycles. The third-order valence-corrected chi connectivity index (χ3v) is 5.77. The van der Waals surface area contributed by atoms with Gasteiger partial charge in [-0.15, -0.1) is 0 Å². The summed E-state index contributed by atoms with van der Waals surface area (Å²) in [4.78, 5) is 16.7. The Morgan fingerprint density at radius 3 is 2.57 bits per heavy atom. The van der Waals surface area contributed by atoms with E-state index in [-0.39, 0.29) is 22.5 Å². The molecule has 0 bridgehead atoms. The number of alkyl halides is 2. The standard InChI is InChI=1S/C21H22F2N4O3/c1-21(5-4-6-21)13-9-17-25-11-14(27(17)26-10-13)12-7-15(29-3)18(19(28)24-2)16(8-12)30-20(22)23/h7-11,20H,4-6H2,1-3H3,(H,24,28). The first-order valence-corrected chi connectivity index (χ1v) is 9.60. The molecule has 1 fully saturated rings. The van der Waals surface area contributed by atoms with Gasteiger partial charge in [-0.05, 0) is 42.0 Å². The summed E-state index contributed by atoms with van der Waals surface area (Å²) in [7, 11) is 2.76. The summed E-state index contributed by atoms with van der Waals surface area (Å²) >= 11 is 0. The molecule has 158 valence electrons. The summed E-state index contributed by atoms with van der Waals surface area (Å²) in [6.07, 6.45) is 6.86. The number of rotatable bonds is 6. The van der Waals surface area contributed by atoms with Crippen LogP contribution in [0.2, 0.25) is 0 Å². The number of hydrogen-bond donors (Lipinski definition) is 1. The molecule has 7 nitrogen and oxygen atoms in total. The Balaban J connectivity index is 1.83. The zero-order valence-electron chi connectivity index (χ0n) is 16.9. The topological polar surface area (TPSA) is 77.8 Å². The van der Waals surface area contributed by atoms with Crippen LogP contribution in [-0.4, -0.2) is 41.3 Å². The van der Waals surface area contributed by atoms with Crippen molar-refractivity contribution < 1.29 is 23.0 Å². The van der Waals surface area contributed by atoms with Crippen LogP contribution in [0.1, 0.15) is 42.1 Å². The molecule has 2 aromatic heterocycles. The highest BCUT2D eigenvalue weighted by atomic mass is 19.3. The number of carbonyl (C=O) groups is 1. The number of carbonyl (C=O) groups excluding carboxylic acids is 1. The highest BCUT2D eigenvalue weighted by molar-refractivity contribution is 6.00. The molecule has 0 unspecified atom stereocenters. The van der Waals surface area contributed by atoms with Gasteiger partial charge in [-0.1, -0.05) is 13.3 Å². The molecule has 30 heavy (non-hydrogen) atoms. The fourth-order valence-corrected chi connectivity index (χ4v) is 3.84. The average molecular weight is 416 g/mol. The van der Waals surface area contributed by atoms with E-state index in [0.717, 1.165) is 18.4 Å². The summed E-state index contributed by atoms with van der Waals surface area (Å²) in [5.41, 5.74) is 2.85. The van der Waals surface area contributed by atoms with Crippen molar-refractivity contribution in [1.82, 2.24) is 19.9 Å². The second kappa shape index (κ2) is 7.55. The zero-order valence-corrected chi connectivity index (χ0v) is 16.9. The normalized spacial score (nSPS) is 15.1. The molecule has 0 spiro atoms. The number of imidazole rings is 1.